The first kappa shape index (κ1) is 47.7. The maximum Gasteiger partial charge on any atom is 0.222 e. The van der Waals surface area contributed by atoms with Crippen molar-refractivity contribution >= 4 is 26.1 Å². The van der Waals surface area contributed by atoms with Crippen molar-refractivity contribution in [1.29, 1.82) is 0 Å². The lowest BCUT2D eigenvalue weighted by Gasteiger charge is -2.12. The number of carbonyl (C=O) groups is 3. The Kier molecular flexibility index (Phi) is 42.8. The van der Waals surface area contributed by atoms with Crippen LogP contribution in [0.4, 0.5) is 0 Å². The van der Waals surface area contributed by atoms with Gasteiger partial charge in [0.15, 0.2) is 0 Å². The lowest BCUT2D eigenvalue weighted by atomic mass is 10.0. The Morgan fingerprint density at radius 2 is 1.02 bits per heavy atom. The highest BCUT2D eigenvalue weighted by molar-refractivity contribution is 7.25. The number of carbonyl (C=O) groups excluding carboxylic acids is 3. The molecule has 2 atom stereocenters. The highest BCUT2D eigenvalue weighted by atomic mass is 31.1. The summed E-state index contributed by atoms with van der Waals surface area (Å²) >= 11 is 0. The molecule has 0 bridgehead atoms. The molecular weight excluding hydrogens is 597 g/mol. The van der Waals surface area contributed by atoms with Gasteiger partial charge in [0, 0.05) is 52.0 Å². The Bertz CT molecular complexity index is 686. The molecule has 0 fully saturated rings. The normalized spacial score (nSPS) is 11.9. The fourth-order valence-corrected chi connectivity index (χ4v) is 3.53. The smallest absolute Gasteiger partial charge is 0.222 e. The summed E-state index contributed by atoms with van der Waals surface area (Å²) in [5, 5.41) is 8.41. The molecule has 13 heteroatoms. The van der Waals surface area contributed by atoms with Crippen LogP contribution in [-0.4, -0.2) is 110 Å². The molecule has 3 amide bonds. The van der Waals surface area contributed by atoms with E-state index in [0.29, 0.717) is 79.0 Å². The van der Waals surface area contributed by atoms with E-state index in [9.17, 15) is 14.4 Å². The first-order valence-corrected chi connectivity index (χ1v) is 18.0. The van der Waals surface area contributed by atoms with Crippen LogP contribution in [0.5, 0.6) is 0 Å². The van der Waals surface area contributed by atoms with Crippen molar-refractivity contribution in [3.8, 4) is 0 Å². The van der Waals surface area contributed by atoms with Gasteiger partial charge in [-0.05, 0) is 27.9 Å². The third kappa shape index (κ3) is 42.3. The predicted octanol–water partition coefficient (Wildman–Crippen LogP) is 4.18. The van der Waals surface area contributed by atoms with E-state index in [2.05, 4.69) is 34.5 Å². The molecule has 0 aromatic heterocycles. The van der Waals surface area contributed by atoms with Gasteiger partial charge in [-0.15, -0.1) is 0 Å². The number of unbranched alkanes of at least 4 members (excludes halogenated alkanes) is 4. The quantitative estimate of drug-likeness (QED) is 0.0751. The van der Waals surface area contributed by atoms with Gasteiger partial charge in [0.1, 0.15) is 0 Å². The lowest BCUT2D eigenvalue weighted by molar-refractivity contribution is -0.125. The van der Waals surface area contributed by atoms with Gasteiger partial charge in [-0.3, -0.25) is 19.1 Å². The van der Waals surface area contributed by atoms with Gasteiger partial charge < -0.3 is 40.6 Å². The van der Waals surface area contributed by atoms with E-state index in [1.165, 1.54) is 32.6 Å². The first-order chi connectivity index (χ1) is 21.7. The largest absolute Gasteiger partial charge is 0.378 e. The van der Waals surface area contributed by atoms with Crippen LogP contribution in [0.15, 0.2) is 4.74 Å². The van der Waals surface area contributed by atoms with Gasteiger partial charge in [0.25, 0.3) is 0 Å². The molecule has 0 saturated heterocycles. The van der Waals surface area contributed by atoms with Gasteiger partial charge in [0.2, 0.25) is 17.7 Å². The van der Waals surface area contributed by atoms with Crippen molar-refractivity contribution in [2.75, 3.05) is 92.7 Å². The van der Waals surface area contributed by atoms with Crippen LogP contribution in [-0.2, 0) is 33.3 Å². The molecule has 0 aromatic rings. The van der Waals surface area contributed by atoms with Crippen LogP contribution in [0, 0.1) is 11.8 Å². The van der Waals surface area contributed by atoms with E-state index in [-0.39, 0.29) is 29.6 Å². The number of rotatable bonds is 27. The SMILES string of the molecule is CCCCCC(C)C(=O)NCCOCCOCCN.CCCCCC(C)C(=O)NCCOCCOCCNC(C)=O.CN=PC. The number of nitrogens with one attached hydrogen (secondary N) is 3. The predicted molar refractivity (Wildman–Crippen MR) is 185 cm³/mol. The minimum Gasteiger partial charge on any atom is -0.378 e. The zero-order valence-electron chi connectivity index (χ0n) is 29.6. The molecule has 0 saturated carbocycles. The molecule has 0 heterocycles. The summed E-state index contributed by atoms with van der Waals surface area (Å²) in [6.07, 6.45) is 8.89. The van der Waals surface area contributed by atoms with Gasteiger partial charge in [0.05, 0.1) is 52.9 Å². The third-order valence-electron chi connectivity index (χ3n) is 6.29. The molecule has 0 spiro atoms. The minimum atomic E-state index is -0.0560. The topological polar surface area (TPSA) is 163 Å². The second-order valence-electron chi connectivity index (χ2n) is 10.5. The van der Waals surface area contributed by atoms with Crippen LogP contribution in [0.3, 0.4) is 0 Å². The molecule has 2 unspecified atom stereocenters. The zero-order valence-corrected chi connectivity index (χ0v) is 30.5. The fourth-order valence-electron chi connectivity index (χ4n) is 3.53. The van der Waals surface area contributed by atoms with E-state index in [1.807, 2.05) is 20.5 Å². The summed E-state index contributed by atoms with van der Waals surface area (Å²) in [4.78, 5) is 34.1. The van der Waals surface area contributed by atoms with E-state index in [0.717, 1.165) is 34.1 Å². The van der Waals surface area contributed by atoms with Gasteiger partial charge in [-0.1, -0.05) is 66.2 Å². The Morgan fingerprint density at radius 1 is 0.667 bits per heavy atom. The number of nitrogens with two attached hydrogens (primary N) is 1. The third-order valence-corrected chi connectivity index (χ3v) is 6.69. The van der Waals surface area contributed by atoms with Crippen molar-refractivity contribution in [3.63, 3.8) is 0 Å². The van der Waals surface area contributed by atoms with E-state index < -0.39 is 0 Å². The summed E-state index contributed by atoms with van der Waals surface area (Å²) in [5.41, 5.74) is 5.28. The number of hydrogen-bond acceptors (Lipinski definition) is 9. The number of amides is 3. The van der Waals surface area contributed by atoms with E-state index in [4.69, 9.17) is 24.7 Å². The standard InChI is InChI=1S/C16H32N2O4.C14H30N2O3.C2H6NP/c1-4-5-6-7-14(2)16(20)18-9-11-22-13-12-21-10-8-17-15(3)19;1-3-4-5-6-13(2)14(17)16-8-10-19-12-11-18-9-7-15;1-3-4-2/h14H,4-13H2,1-3H3,(H,17,19)(H,18,20);13H,3-12,15H2,1-2H3,(H,16,17);1-2H3. The summed E-state index contributed by atoms with van der Waals surface area (Å²) < 4.78 is 24.8. The first-order valence-electron chi connectivity index (χ1n) is 16.7. The molecule has 12 nitrogen and oxygen atoms in total. The van der Waals surface area contributed by atoms with Crippen LogP contribution in [0.25, 0.3) is 0 Å². The maximum atomic E-state index is 11.8. The molecule has 45 heavy (non-hydrogen) atoms. The molecule has 0 rings (SSSR count). The maximum absolute atomic E-state index is 11.8. The Morgan fingerprint density at radius 3 is 1.33 bits per heavy atom. The van der Waals surface area contributed by atoms with Crippen LogP contribution in [0.2, 0.25) is 0 Å². The van der Waals surface area contributed by atoms with Crippen LogP contribution >= 0.6 is 8.37 Å². The number of hydrogen-bond donors (Lipinski definition) is 4. The van der Waals surface area contributed by atoms with Crippen molar-refractivity contribution in [1.82, 2.24) is 16.0 Å². The monoisotopic (exact) mass is 665 g/mol. The summed E-state index contributed by atoms with van der Waals surface area (Å²) in [6.45, 7) is 18.0. The van der Waals surface area contributed by atoms with Gasteiger partial charge in [-0.25, -0.2) is 0 Å². The fraction of sp³-hybridized carbons (Fsp3) is 0.906. The van der Waals surface area contributed by atoms with Crippen LogP contribution in [0.1, 0.15) is 86.0 Å². The molecular formula is C32H68N5O7P. The second-order valence-corrected chi connectivity index (χ2v) is 11.3. The number of nitrogens with zero attached hydrogens (tertiary/aromatic N) is 1. The summed E-state index contributed by atoms with van der Waals surface area (Å²) in [5.74, 6) is 0.341. The van der Waals surface area contributed by atoms with E-state index >= 15 is 0 Å². The van der Waals surface area contributed by atoms with Crippen molar-refractivity contribution in [2.24, 2.45) is 22.3 Å². The molecule has 268 valence electrons. The Hall–Kier alpha value is -1.69. The average Bonchev–Trinajstić information content (AvgIpc) is 3.03. The molecule has 0 aliphatic carbocycles. The highest BCUT2D eigenvalue weighted by Gasteiger charge is 2.12. The minimum absolute atomic E-state index is 0.0560. The molecule has 0 aliphatic rings. The van der Waals surface area contributed by atoms with E-state index in [1.54, 1.807) is 7.05 Å². The zero-order chi connectivity index (χ0) is 34.4. The molecule has 0 aliphatic heterocycles. The number of ether oxygens (including phenoxy) is 4. The highest BCUT2D eigenvalue weighted by Crippen LogP contribution is 2.09. The average molecular weight is 666 g/mol. The lowest BCUT2D eigenvalue weighted by Crippen LogP contribution is -2.32. The van der Waals surface area contributed by atoms with Crippen LogP contribution < -0.4 is 21.7 Å². The van der Waals surface area contributed by atoms with Crippen molar-refractivity contribution in [2.45, 2.75) is 86.0 Å². The van der Waals surface area contributed by atoms with Crippen molar-refractivity contribution in [3.05, 3.63) is 0 Å². The van der Waals surface area contributed by atoms with Crippen molar-refractivity contribution < 1.29 is 33.3 Å². The second kappa shape index (κ2) is 40.3. The molecule has 5 N–H and O–H groups in total. The molecule has 0 aromatic carbocycles. The summed E-state index contributed by atoms with van der Waals surface area (Å²) in [7, 11) is 2.92. The van der Waals surface area contributed by atoms with Gasteiger partial charge in [-0.2, -0.15) is 0 Å². The Labute approximate surface area is 276 Å². The Balaban J connectivity index is -0.000000705. The summed E-state index contributed by atoms with van der Waals surface area (Å²) in [6, 6.07) is 0. The molecule has 0 radical (unpaired) electrons. The van der Waals surface area contributed by atoms with Gasteiger partial charge >= 0.3 is 0 Å².